The highest BCUT2D eigenvalue weighted by Crippen LogP contribution is 2.30. The minimum atomic E-state index is -0.660. The minimum Gasteiger partial charge on any atom is -0.492 e. The van der Waals surface area contributed by atoms with Crippen LogP contribution in [0.3, 0.4) is 0 Å². The summed E-state index contributed by atoms with van der Waals surface area (Å²) in [4.78, 5) is 37.6. The van der Waals surface area contributed by atoms with Gasteiger partial charge in [0.05, 0.1) is 20.6 Å². The molecule has 1 aromatic heterocycles. The lowest BCUT2D eigenvalue weighted by atomic mass is 10.1. The van der Waals surface area contributed by atoms with Crippen LogP contribution in [0.2, 0.25) is 0 Å². The Morgan fingerprint density at radius 1 is 1.32 bits per heavy atom. The molecule has 22 heavy (non-hydrogen) atoms. The molecule has 0 atom stereocenters. The van der Waals surface area contributed by atoms with Crippen molar-refractivity contribution in [1.82, 2.24) is 4.98 Å². The van der Waals surface area contributed by atoms with Crippen LogP contribution < -0.4 is 26.2 Å². The molecular formula is C13H14BN3O5. The molecule has 2 rings (SSSR count). The van der Waals surface area contributed by atoms with Gasteiger partial charge < -0.3 is 20.5 Å². The standard InChI is InChI=1S/C12H10BN3O4.CH4O/c1-20-12-6(2-3-14-7(12)4-17)16-9-8(15-5-13)10(18)11(9)19;1-2/h2-4,15H,5H2,1H3,(H,14,16);2H,1H3. The highest BCUT2D eigenvalue weighted by molar-refractivity contribution is 6.10. The van der Waals surface area contributed by atoms with E-state index >= 15 is 0 Å². The van der Waals surface area contributed by atoms with E-state index in [4.69, 9.17) is 17.7 Å². The summed E-state index contributed by atoms with van der Waals surface area (Å²) in [6.45, 7) is 0. The molecule has 0 saturated heterocycles. The Balaban J connectivity index is 0.00000116. The Hall–Kier alpha value is -2.68. The third-order valence-corrected chi connectivity index (χ3v) is 2.70. The molecule has 0 aliphatic rings. The van der Waals surface area contributed by atoms with Crippen molar-refractivity contribution in [3.8, 4) is 5.75 Å². The van der Waals surface area contributed by atoms with Crippen LogP contribution >= 0.6 is 0 Å². The largest absolute Gasteiger partial charge is 0.492 e. The molecule has 0 unspecified atom stereocenters. The van der Waals surface area contributed by atoms with E-state index in [1.54, 1.807) is 0 Å². The lowest BCUT2D eigenvalue weighted by molar-refractivity contribution is 0.111. The smallest absolute Gasteiger partial charge is 0.253 e. The number of anilines is 3. The van der Waals surface area contributed by atoms with Gasteiger partial charge in [-0.05, 0) is 12.5 Å². The average Bonchev–Trinajstić information content (AvgIpc) is 2.58. The van der Waals surface area contributed by atoms with Crippen molar-refractivity contribution in [3.05, 3.63) is 38.4 Å². The quantitative estimate of drug-likeness (QED) is 0.367. The first-order valence-corrected chi connectivity index (χ1v) is 6.11. The summed E-state index contributed by atoms with van der Waals surface area (Å²) >= 11 is 0. The maximum atomic E-state index is 11.5. The van der Waals surface area contributed by atoms with Crippen molar-refractivity contribution < 1.29 is 14.6 Å². The fourth-order valence-electron chi connectivity index (χ4n) is 1.78. The molecule has 0 aliphatic heterocycles. The Kier molecular flexibility index (Phi) is 6.27. The maximum absolute atomic E-state index is 11.5. The van der Waals surface area contributed by atoms with Gasteiger partial charge in [-0.25, -0.2) is 4.98 Å². The van der Waals surface area contributed by atoms with Gasteiger partial charge in [-0.1, -0.05) is 0 Å². The van der Waals surface area contributed by atoms with E-state index in [1.807, 2.05) is 0 Å². The number of carbonyl (C=O) groups excluding carboxylic acids is 1. The van der Waals surface area contributed by atoms with Gasteiger partial charge >= 0.3 is 0 Å². The van der Waals surface area contributed by atoms with Gasteiger partial charge in [-0.3, -0.25) is 14.4 Å². The number of nitrogens with zero attached hydrogens (tertiary/aromatic N) is 1. The lowest BCUT2D eigenvalue weighted by Crippen LogP contribution is -2.36. The van der Waals surface area contributed by atoms with Crippen molar-refractivity contribution in [3.63, 3.8) is 0 Å². The molecule has 2 radical (unpaired) electrons. The predicted octanol–water partition coefficient (Wildman–Crippen LogP) is -0.611. The second-order valence-electron chi connectivity index (χ2n) is 3.81. The second-order valence-corrected chi connectivity index (χ2v) is 3.81. The average molecular weight is 303 g/mol. The summed E-state index contributed by atoms with van der Waals surface area (Å²) in [5.41, 5.74) is -0.652. The van der Waals surface area contributed by atoms with E-state index in [-0.39, 0.29) is 29.3 Å². The summed E-state index contributed by atoms with van der Waals surface area (Å²) < 4.78 is 5.07. The van der Waals surface area contributed by atoms with Crippen molar-refractivity contribution in [2.45, 2.75) is 0 Å². The fraction of sp³-hybridized carbons (Fsp3) is 0.231. The van der Waals surface area contributed by atoms with Crippen molar-refractivity contribution in [1.29, 1.82) is 0 Å². The molecular weight excluding hydrogens is 289 g/mol. The minimum absolute atomic E-state index is 0.0204. The summed E-state index contributed by atoms with van der Waals surface area (Å²) in [5, 5.41) is 12.4. The number of carbonyl (C=O) groups is 1. The molecule has 0 aliphatic carbocycles. The van der Waals surface area contributed by atoms with Crippen LogP contribution in [-0.4, -0.2) is 44.9 Å². The highest BCUT2D eigenvalue weighted by atomic mass is 16.5. The van der Waals surface area contributed by atoms with Crippen LogP contribution in [0.15, 0.2) is 21.9 Å². The lowest BCUT2D eigenvalue weighted by Gasteiger charge is -2.16. The number of pyridine rings is 1. The summed E-state index contributed by atoms with van der Waals surface area (Å²) in [7, 11) is 7.66. The van der Waals surface area contributed by atoms with E-state index in [0.717, 1.165) is 7.11 Å². The number of aliphatic hydroxyl groups is 1. The SMILES string of the molecule is CO.[B]CNc1c(Nc2ccnc(C=O)c2OC)c(=O)c1=O. The molecule has 2 aromatic rings. The van der Waals surface area contributed by atoms with Gasteiger partial charge in [0.25, 0.3) is 10.9 Å². The van der Waals surface area contributed by atoms with Gasteiger partial charge in [0.2, 0.25) is 0 Å². The molecule has 0 bridgehead atoms. The van der Waals surface area contributed by atoms with Gasteiger partial charge in [-0.2, -0.15) is 0 Å². The third-order valence-electron chi connectivity index (χ3n) is 2.70. The van der Waals surface area contributed by atoms with Crippen molar-refractivity contribution in [2.75, 3.05) is 31.3 Å². The summed E-state index contributed by atoms with van der Waals surface area (Å²) in [5.74, 6) is 0.189. The van der Waals surface area contributed by atoms with Crippen LogP contribution in [-0.2, 0) is 0 Å². The normalized spacial score (nSPS) is 9.59. The Labute approximate surface area is 127 Å². The number of ether oxygens (including phenoxy) is 1. The van der Waals surface area contributed by atoms with E-state index in [9.17, 15) is 14.4 Å². The van der Waals surface area contributed by atoms with E-state index < -0.39 is 10.9 Å². The Morgan fingerprint density at radius 2 is 1.95 bits per heavy atom. The zero-order chi connectivity index (χ0) is 16.7. The van der Waals surface area contributed by atoms with Gasteiger partial charge in [-0.15, -0.1) is 0 Å². The summed E-state index contributed by atoms with van der Waals surface area (Å²) in [6.07, 6.45) is 1.94. The summed E-state index contributed by atoms with van der Waals surface area (Å²) in [6, 6.07) is 1.52. The van der Waals surface area contributed by atoms with Gasteiger partial charge in [0.15, 0.2) is 12.0 Å². The molecule has 3 N–H and O–H groups in total. The van der Waals surface area contributed by atoms with Crippen molar-refractivity contribution in [2.24, 2.45) is 0 Å². The molecule has 1 heterocycles. The van der Waals surface area contributed by atoms with E-state index in [1.165, 1.54) is 19.4 Å². The van der Waals surface area contributed by atoms with Gasteiger partial charge in [0.1, 0.15) is 17.1 Å². The molecule has 114 valence electrons. The predicted molar refractivity (Wildman–Crippen MR) is 83.2 cm³/mol. The van der Waals surface area contributed by atoms with E-state index in [2.05, 4.69) is 15.6 Å². The van der Waals surface area contributed by atoms with Crippen LogP contribution in [0, 0.1) is 0 Å². The number of rotatable bonds is 6. The third kappa shape index (κ3) is 3.14. The Bertz CT molecular complexity index is 725. The topological polar surface area (TPSA) is 118 Å². The number of aldehydes is 1. The Morgan fingerprint density at radius 3 is 2.50 bits per heavy atom. The first-order valence-electron chi connectivity index (χ1n) is 6.11. The van der Waals surface area contributed by atoms with Crippen molar-refractivity contribution >= 4 is 31.2 Å². The molecule has 0 fully saturated rings. The first-order chi connectivity index (χ1) is 10.6. The number of aromatic nitrogens is 1. The number of methoxy groups -OCH3 is 1. The zero-order valence-electron chi connectivity index (χ0n) is 12.0. The molecule has 0 amide bonds. The van der Waals surface area contributed by atoms with Crippen LogP contribution in [0.25, 0.3) is 0 Å². The maximum Gasteiger partial charge on any atom is 0.253 e. The second kappa shape index (κ2) is 7.94. The number of hydrogen-bond acceptors (Lipinski definition) is 8. The van der Waals surface area contributed by atoms with Crippen LogP contribution in [0.1, 0.15) is 10.5 Å². The molecule has 1 aromatic carbocycles. The first kappa shape index (κ1) is 17.4. The zero-order valence-corrected chi connectivity index (χ0v) is 12.0. The molecule has 9 heteroatoms. The number of hydrogen-bond donors (Lipinski definition) is 3. The number of nitrogens with one attached hydrogen (secondary N) is 2. The van der Waals surface area contributed by atoms with Crippen LogP contribution in [0.5, 0.6) is 5.75 Å². The fourth-order valence-corrected chi connectivity index (χ4v) is 1.78. The molecule has 0 spiro atoms. The molecule has 0 saturated carbocycles. The highest BCUT2D eigenvalue weighted by Gasteiger charge is 2.22. The van der Waals surface area contributed by atoms with E-state index in [0.29, 0.717) is 12.0 Å². The van der Waals surface area contributed by atoms with Gasteiger partial charge in [0, 0.05) is 13.3 Å². The van der Waals surface area contributed by atoms with Crippen LogP contribution in [0.4, 0.5) is 17.1 Å². The molecule has 8 nitrogen and oxygen atoms in total. The monoisotopic (exact) mass is 303 g/mol. The number of aliphatic hydroxyl groups excluding tert-OH is 1.